The minimum absolute atomic E-state index is 0.0741. The fourth-order valence-corrected chi connectivity index (χ4v) is 4.00. The molecule has 0 unspecified atom stereocenters. The number of benzene rings is 1. The molecule has 2 fully saturated rings. The molecule has 2 aliphatic carbocycles. The third-order valence-electron chi connectivity index (χ3n) is 5.92. The fourth-order valence-electron chi connectivity index (χ4n) is 4.00. The molecule has 0 aliphatic heterocycles. The summed E-state index contributed by atoms with van der Waals surface area (Å²) in [5.41, 5.74) is 2.32. The molecule has 0 bridgehead atoms. The summed E-state index contributed by atoms with van der Waals surface area (Å²) < 4.78 is 0. The predicted octanol–water partition coefficient (Wildman–Crippen LogP) is 4.71. The van der Waals surface area contributed by atoms with Crippen molar-refractivity contribution in [2.24, 2.45) is 5.41 Å². The lowest BCUT2D eigenvalue weighted by Gasteiger charge is -2.23. The van der Waals surface area contributed by atoms with Gasteiger partial charge in [0.1, 0.15) is 5.41 Å². The lowest BCUT2D eigenvalue weighted by atomic mass is 9.92. The second-order valence-corrected chi connectivity index (χ2v) is 8.61. The molecule has 4 heteroatoms. The van der Waals surface area contributed by atoms with Crippen LogP contribution in [0.1, 0.15) is 89.2 Å². The van der Waals surface area contributed by atoms with Gasteiger partial charge in [0.2, 0.25) is 11.8 Å². The van der Waals surface area contributed by atoms with E-state index in [1.165, 1.54) is 12.8 Å². The number of anilines is 1. The van der Waals surface area contributed by atoms with Gasteiger partial charge < -0.3 is 10.6 Å². The molecular formula is C22H32N2O2. The van der Waals surface area contributed by atoms with Crippen molar-refractivity contribution in [2.75, 3.05) is 5.32 Å². The first-order valence-corrected chi connectivity index (χ1v) is 10.1. The van der Waals surface area contributed by atoms with Gasteiger partial charge in [-0.25, -0.2) is 0 Å². The zero-order valence-corrected chi connectivity index (χ0v) is 16.5. The number of hydrogen-bond donors (Lipinski definition) is 2. The van der Waals surface area contributed by atoms with E-state index >= 15 is 0 Å². The Hall–Kier alpha value is -1.84. The molecule has 0 aromatic heterocycles. The van der Waals surface area contributed by atoms with Gasteiger partial charge in [-0.1, -0.05) is 58.7 Å². The molecule has 4 nitrogen and oxygen atoms in total. The predicted molar refractivity (Wildman–Crippen MR) is 105 cm³/mol. The summed E-state index contributed by atoms with van der Waals surface area (Å²) in [5.74, 6) is 0.413. The molecule has 0 radical (unpaired) electrons. The van der Waals surface area contributed by atoms with Crippen LogP contribution in [0.3, 0.4) is 0 Å². The van der Waals surface area contributed by atoms with Gasteiger partial charge in [-0.15, -0.1) is 0 Å². The Balaban J connectivity index is 1.80. The molecule has 26 heavy (non-hydrogen) atoms. The average molecular weight is 357 g/mol. The molecular weight excluding hydrogens is 324 g/mol. The molecule has 2 N–H and O–H groups in total. The minimum Gasteiger partial charge on any atom is -0.352 e. The summed E-state index contributed by atoms with van der Waals surface area (Å²) >= 11 is 0. The summed E-state index contributed by atoms with van der Waals surface area (Å²) in [6, 6.07) is 6.45. The Morgan fingerprint density at radius 3 is 1.96 bits per heavy atom. The third-order valence-corrected chi connectivity index (χ3v) is 5.92. The van der Waals surface area contributed by atoms with Crippen molar-refractivity contribution >= 4 is 17.5 Å². The average Bonchev–Trinajstić information content (AvgIpc) is 3.26. The van der Waals surface area contributed by atoms with Crippen LogP contribution in [-0.4, -0.2) is 17.9 Å². The van der Waals surface area contributed by atoms with Gasteiger partial charge in [-0.3, -0.25) is 9.59 Å². The lowest BCUT2D eigenvalue weighted by Crippen LogP contribution is -2.43. The van der Waals surface area contributed by atoms with E-state index in [0.29, 0.717) is 24.7 Å². The van der Waals surface area contributed by atoms with Crippen molar-refractivity contribution in [3.05, 3.63) is 29.3 Å². The van der Waals surface area contributed by atoms with Crippen molar-refractivity contribution in [1.29, 1.82) is 0 Å². The Morgan fingerprint density at radius 2 is 1.50 bits per heavy atom. The minimum atomic E-state index is -0.860. The van der Waals surface area contributed by atoms with Crippen LogP contribution in [0.4, 0.5) is 5.69 Å². The number of carbonyl (C=O) groups is 2. The summed E-state index contributed by atoms with van der Waals surface area (Å²) in [5, 5.41) is 6.27. The van der Waals surface area contributed by atoms with E-state index in [-0.39, 0.29) is 17.9 Å². The van der Waals surface area contributed by atoms with Crippen molar-refractivity contribution in [2.45, 2.75) is 84.1 Å². The normalized spacial score (nSPS) is 19.0. The molecule has 0 heterocycles. The summed E-state index contributed by atoms with van der Waals surface area (Å²) in [6.45, 7) is 8.53. The van der Waals surface area contributed by atoms with Crippen molar-refractivity contribution in [3.63, 3.8) is 0 Å². The van der Waals surface area contributed by atoms with E-state index in [0.717, 1.165) is 29.7 Å². The van der Waals surface area contributed by atoms with E-state index in [1.807, 2.05) is 0 Å². The number of carbonyl (C=O) groups excluding carboxylic acids is 2. The second-order valence-electron chi connectivity index (χ2n) is 8.61. The topological polar surface area (TPSA) is 58.2 Å². The van der Waals surface area contributed by atoms with E-state index in [1.54, 1.807) is 0 Å². The summed E-state index contributed by atoms with van der Waals surface area (Å²) in [7, 11) is 0. The molecule has 0 saturated heterocycles. The molecule has 0 atom stereocenters. The van der Waals surface area contributed by atoms with Crippen LogP contribution in [0.15, 0.2) is 18.2 Å². The quantitative estimate of drug-likeness (QED) is 0.725. The van der Waals surface area contributed by atoms with Crippen LogP contribution >= 0.6 is 0 Å². The summed E-state index contributed by atoms with van der Waals surface area (Å²) in [6.07, 6.45) is 5.72. The van der Waals surface area contributed by atoms with Crippen LogP contribution in [0.2, 0.25) is 0 Å². The molecule has 142 valence electrons. The SMILES string of the molecule is CC(C)c1cccc(C(C)C)c1NC(=O)C1(C(=O)NC2CCCC2)CC1. The van der Waals surface area contributed by atoms with E-state index in [9.17, 15) is 9.59 Å². The van der Waals surface area contributed by atoms with E-state index in [4.69, 9.17) is 0 Å². The molecule has 3 rings (SSSR count). The van der Waals surface area contributed by atoms with Gasteiger partial charge in [-0.2, -0.15) is 0 Å². The second kappa shape index (κ2) is 7.42. The first kappa shape index (κ1) is 18.9. The van der Waals surface area contributed by atoms with Gasteiger partial charge in [-0.05, 0) is 48.6 Å². The van der Waals surface area contributed by atoms with Gasteiger partial charge in [0, 0.05) is 11.7 Å². The Bertz CT molecular complexity index is 657. The third kappa shape index (κ3) is 3.65. The molecule has 0 spiro atoms. The monoisotopic (exact) mass is 356 g/mol. The van der Waals surface area contributed by atoms with Gasteiger partial charge in [0.25, 0.3) is 0 Å². The highest BCUT2D eigenvalue weighted by atomic mass is 16.2. The van der Waals surface area contributed by atoms with E-state index in [2.05, 4.69) is 56.5 Å². The largest absolute Gasteiger partial charge is 0.352 e. The smallest absolute Gasteiger partial charge is 0.240 e. The Morgan fingerprint density at radius 1 is 0.962 bits per heavy atom. The Labute approximate surface area is 157 Å². The van der Waals surface area contributed by atoms with Crippen LogP contribution in [-0.2, 0) is 9.59 Å². The maximum atomic E-state index is 13.1. The standard InChI is InChI=1S/C22H32N2O2/c1-14(2)17-10-7-11-18(15(3)4)19(17)24-21(26)22(12-13-22)20(25)23-16-8-5-6-9-16/h7,10-11,14-16H,5-6,8-9,12-13H2,1-4H3,(H,23,25)(H,24,26). The molecule has 1 aromatic carbocycles. The van der Waals surface area contributed by atoms with Crippen molar-refractivity contribution < 1.29 is 9.59 Å². The summed E-state index contributed by atoms with van der Waals surface area (Å²) in [4.78, 5) is 25.9. The maximum absolute atomic E-state index is 13.1. The number of para-hydroxylation sites is 1. The zero-order chi connectivity index (χ0) is 18.9. The van der Waals surface area contributed by atoms with Crippen LogP contribution in [0.5, 0.6) is 0 Å². The van der Waals surface area contributed by atoms with Crippen LogP contribution in [0.25, 0.3) is 0 Å². The number of hydrogen-bond acceptors (Lipinski definition) is 2. The van der Waals surface area contributed by atoms with Crippen molar-refractivity contribution in [1.82, 2.24) is 5.32 Å². The number of nitrogens with one attached hydrogen (secondary N) is 2. The van der Waals surface area contributed by atoms with Gasteiger partial charge in [0.05, 0.1) is 0 Å². The molecule has 2 amide bonds. The van der Waals surface area contributed by atoms with Gasteiger partial charge in [0.15, 0.2) is 0 Å². The Kier molecular flexibility index (Phi) is 5.40. The van der Waals surface area contributed by atoms with Gasteiger partial charge >= 0.3 is 0 Å². The number of rotatable bonds is 6. The fraction of sp³-hybridized carbons (Fsp3) is 0.636. The molecule has 2 aliphatic rings. The first-order valence-electron chi connectivity index (χ1n) is 10.1. The molecule has 1 aromatic rings. The number of amides is 2. The highest BCUT2D eigenvalue weighted by Gasteiger charge is 2.57. The lowest BCUT2D eigenvalue weighted by molar-refractivity contribution is -0.134. The highest BCUT2D eigenvalue weighted by Crippen LogP contribution is 2.48. The molecule has 2 saturated carbocycles. The zero-order valence-electron chi connectivity index (χ0n) is 16.5. The van der Waals surface area contributed by atoms with Crippen LogP contribution in [0, 0.1) is 5.41 Å². The van der Waals surface area contributed by atoms with Crippen molar-refractivity contribution in [3.8, 4) is 0 Å². The first-order chi connectivity index (χ1) is 12.3. The maximum Gasteiger partial charge on any atom is 0.240 e. The van der Waals surface area contributed by atoms with E-state index < -0.39 is 5.41 Å². The highest BCUT2D eigenvalue weighted by molar-refractivity contribution is 6.13. The van der Waals surface area contributed by atoms with Crippen LogP contribution < -0.4 is 10.6 Å².